The number of aliphatic hydroxyl groups is 1. The predicted molar refractivity (Wildman–Crippen MR) is 129 cm³/mol. The van der Waals surface area contributed by atoms with Crippen molar-refractivity contribution in [1.29, 1.82) is 0 Å². The molecule has 1 fully saturated rings. The zero-order valence-corrected chi connectivity index (χ0v) is 19.6. The molecule has 0 saturated heterocycles. The molecule has 1 saturated carbocycles. The van der Waals surface area contributed by atoms with E-state index < -0.39 is 0 Å². The first-order valence-corrected chi connectivity index (χ1v) is 11.9. The fourth-order valence-electron chi connectivity index (χ4n) is 4.02. The van der Waals surface area contributed by atoms with Crippen LogP contribution in [0.15, 0.2) is 54.6 Å². The van der Waals surface area contributed by atoms with Crippen molar-refractivity contribution in [2.45, 2.75) is 52.2 Å². The van der Waals surface area contributed by atoms with E-state index in [-0.39, 0.29) is 6.10 Å². The number of hydrogen-bond acceptors (Lipinski definition) is 4. The van der Waals surface area contributed by atoms with Gasteiger partial charge < -0.3 is 9.84 Å². The molecule has 170 valence electrons. The first-order chi connectivity index (χ1) is 15.5. The Morgan fingerprint density at radius 1 is 1.19 bits per heavy atom. The number of aromatic nitrogens is 2. The zero-order valence-electron chi connectivity index (χ0n) is 18.9. The van der Waals surface area contributed by atoms with Crippen molar-refractivity contribution in [3.05, 3.63) is 70.9 Å². The van der Waals surface area contributed by atoms with E-state index in [9.17, 15) is 5.11 Å². The van der Waals surface area contributed by atoms with Crippen LogP contribution >= 0.6 is 11.6 Å². The van der Waals surface area contributed by atoms with Gasteiger partial charge in [0.25, 0.3) is 0 Å². The minimum absolute atomic E-state index is 0.319. The van der Waals surface area contributed by atoms with Gasteiger partial charge in [0.1, 0.15) is 5.75 Å². The zero-order chi connectivity index (χ0) is 22.5. The first-order valence-electron chi connectivity index (χ1n) is 11.5. The number of hydrogen-bond donors (Lipinski definition) is 1. The van der Waals surface area contributed by atoms with Crippen LogP contribution in [0.5, 0.6) is 11.6 Å². The number of benzene rings is 2. The molecule has 0 amide bonds. The summed E-state index contributed by atoms with van der Waals surface area (Å²) in [5.41, 5.74) is 2.82. The number of rotatable bonds is 11. The fourth-order valence-corrected chi connectivity index (χ4v) is 4.21. The maximum absolute atomic E-state index is 10.5. The molecule has 1 aliphatic carbocycles. The van der Waals surface area contributed by atoms with Crippen LogP contribution in [-0.4, -0.2) is 39.0 Å². The summed E-state index contributed by atoms with van der Waals surface area (Å²) in [5, 5.41) is 16.0. The van der Waals surface area contributed by atoms with Crippen molar-refractivity contribution in [3.8, 4) is 17.3 Å². The first kappa shape index (κ1) is 22.8. The van der Waals surface area contributed by atoms with Gasteiger partial charge in [-0.25, -0.2) is 4.68 Å². The topological polar surface area (TPSA) is 50.5 Å². The summed E-state index contributed by atoms with van der Waals surface area (Å²) < 4.78 is 8.23. The molecule has 4 rings (SSSR count). The number of halogens is 1. The normalized spacial score (nSPS) is 14.7. The lowest BCUT2D eigenvalue weighted by Gasteiger charge is -2.25. The highest BCUT2D eigenvalue weighted by Crippen LogP contribution is 2.34. The van der Waals surface area contributed by atoms with E-state index in [1.807, 2.05) is 66.2 Å². The molecule has 1 unspecified atom stereocenters. The van der Waals surface area contributed by atoms with Crippen LogP contribution in [0.3, 0.4) is 0 Å². The Labute approximate surface area is 195 Å². The van der Waals surface area contributed by atoms with Crippen LogP contribution in [0.2, 0.25) is 5.02 Å². The van der Waals surface area contributed by atoms with Gasteiger partial charge in [0, 0.05) is 24.7 Å². The van der Waals surface area contributed by atoms with Crippen molar-refractivity contribution in [1.82, 2.24) is 14.7 Å². The lowest BCUT2D eigenvalue weighted by molar-refractivity contribution is 0.0977. The van der Waals surface area contributed by atoms with Crippen molar-refractivity contribution < 1.29 is 9.84 Å². The third kappa shape index (κ3) is 5.91. The Hall–Kier alpha value is -2.34. The molecule has 1 N–H and O–H groups in total. The molecule has 0 radical (unpaired) electrons. The molecule has 2 aromatic carbocycles. The third-order valence-electron chi connectivity index (χ3n) is 5.83. The summed E-state index contributed by atoms with van der Waals surface area (Å²) in [7, 11) is 0. The minimum atomic E-state index is -0.319. The van der Waals surface area contributed by atoms with E-state index in [4.69, 9.17) is 21.4 Å². The molecule has 1 aliphatic rings. The van der Waals surface area contributed by atoms with Crippen molar-refractivity contribution in [3.63, 3.8) is 0 Å². The molecule has 0 aliphatic heterocycles. The highest BCUT2D eigenvalue weighted by atomic mass is 35.5. The maximum atomic E-state index is 10.5. The quantitative estimate of drug-likeness (QED) is 0.387. The Balaban J connectivity index is 1.69. The number of ether oxygens (including phenoxy) is 1. The minimum Gasteiger partial charge on any atom is -0.439 e. The number of aliphatic hydroxyl groups excluding tert-OH is 1. The summed E-state index contributed by atoms with van der Waals surface area (Å²) in [4.78, 5) is 2.36. The number of nitrogens with zero attached hydrogens (tertiary/aromatic N) is 3. The van der Waals surface area contributed by atoms with Crippen LogP contribution in [0.4, 0.5) is 0 Å². The lowest BCUT2D eigenvalue weighted by Crippen LogP contribution is -2.33. The highest BCUT2D eigenvalue weighted by molar-refractivity contribution is 6.30. The third-order valence-corrected chi connectivity index (χ3v) is 6.07. The van der Waals surface area contributed by atoms with Crippen LogP contribution in [0.1, 0.15) is 43.9 Å². The molecule has 1 atom stereocenters. The van der Waals surface area contributed by atoms with Gasteiger partial charge in [-0.15, -0.1) is 0 Å². The standard InChI is InChI=1S/C26H32ClN3O2/c1-3-8-23(31)17-29(16-20-13-14-20)18-25-19(2)28-30(22-10-7-9-21(27)15-22)26(25)32-24-11-5-4-6-12-24/h4-7,9-12,15,20,23,31H,3,8,13-14,16-18H2,1-2H3. The van der Waals surface area contributed by atoms with Gasteiger partial charge >= 0.3 is 0 Å². The summed E-state index contributed by atoms with van der Waals surface area (Å²) in [6, 6.07) is 17.4. The van der Waals surface area contributed by atoms with Crippen LogP contribution in [0, 0.1) is 12.8 Å². The second kappa shape index (κ2) is 10.5. The van der Waals surface area contributed by atoms with Gasteiger partial charge in [-0.3, -0.25) is 4.90 Å². The molecule has 6 heteroatoms. The molecule has 1 heterocycles. The largest absolute Gasteiger partial charge is 0.439 e. The second-order valence-corrected chi connectivity index (χ2v) is 9.19. The van der Waals surface area contributed by atoms with E-state index in [1.165, 1.54) is 12.8 Å². The molecular weight excluding hydrogens is 422 g/mol. The molecule has 32 heavy (non-hydrogen) atoms. The van der Waals surface area contributed by atoms with Crippen molar-refractivity contribution in [2.24, 2.45) is 5.92 Å². The Morgan fingerprint density at radius 3 is 2.66 bits per heavy atom. The molecule has 0 spiro atoms. The Kier molecular flexibility index (Phi) is 7.51. The van der Waals surface area contributed by atoms with Gasteiger partial charge in [0.2, 0.25) is 5.88 Å². The summed E-state index contributed by atoms with van der Waals surface area (Å²) >= 11 is 6.27. The van der Waals surface area contributed by atoms with Gasteiger partial charge in [-0.05, 0) is 62.4 Å². The van der Waals surface area contributed by atoms with Gasteiger partial charge in [-0.2, -0.15) is 5.10 Å². The molecule has 3 aromatic rings. The predicted octanol–water partition coefficient (Wildman–Crippen LogP) is 6.00. The lowest BCUT2D eigenvalue weighted by atomic mass is 10.1. The fraction of sp³-hybridized carbons (Fsp3) is 0.423. The summed E-state index contributed by atoms with van der Waals surface area (Å²) in [5.74, 6) is 2.18. The van der Waals surface area contributed by atoms with E-state index in [0.717, 1.165) is 48.0 Å². The Morgan fingerprint density at radius 2 is 1.97 bits per heavy atom. The van der Waals surface area contributed by atoms with E-state index in [2.05, 4.69) is 11.8 Å². The van der Waals surface area contributed by atoms with Gasteiger partial charge in [0.05, 0.1) is 23.0 Å². The van der Waals surface area contributed by atoms with Crippen LogP contribution in [0.25, 0.3) is 5.69 Å². The average Bonchev–Trinajstić information content (AvgIpc) is 3.54. The number of aryl methyl sites for hydroxylation is 1. The molecule has 5 nitrogen and oxygen atoms in total. The van der Waals surface area contributed by atoms with E-state index >= 15 is 0 Å². The maximum Gasteiger partial charge on any atom is 0.227 e. The monoisotopic (exact) mass is 453 g/mol. The van der Waals surface area contributed by atoms with Crippen molar-refractivity contribution >= 4 is 11.6 Å². The van der Waals surface area contributed by atoms with Gasteiger partial charge in [0.15, 0.2) is 0 Å². The van der Waals surface area contributed by atoms with Gasteiger partial charge in [-0.1, -0.05) is 49.2 Å². The van der Waals surface area contributed by atoms with E-state index in [1.54, 1.807) is 0 Å². The Bertz CT molecular complexity index is 1020. The highest BCUT2D eigenvalue weighted by Gasteiger charge is 2.28. The summed E-state index contributed by atoms with van der Waals surface area (Å²) in [6.07, 6.45) is 4.02. The summed E-state index contributed by atoms with van der Waals surface area (Å²) in [6.45, 7) is 6.47. The van der Waals surface area contributed by atoms with Crippen LogP contribution < -0.4 is 4.74 Å². The van der Waals surface area contributed by atoms with Crippen molar-refractivity contribution in [2.75, 3.05) is 13.1 Å². The molecular formula is C26H32ClN3O2. The molecule has 1 aromatic heterocycles. The van der Waals surface area contributed by atoms with E-state index in [0.29, 0.717) is 24.0 Å². The smallest absolute Gasteiger partial charge is 0.227 e. The average molecular weight is 454 g/mol. The second-order valence-electron chi connectivity index (χ2n) is 8.76. The SMILES string of the molecule is CCCC(O)CN(Cc1c(C)nn(-c2cccc(Cl)c2)c1Oc1ccccc1)CC1CC1. The number of para-hydroxylation sites is 1. The molecule has 0 bridgehead atoms. The van der Waals surface area contributed by atoms with Crippen LogP contribution in [-0.2, 0) is 6.54 Å².